The predicted molar refractivity (Wildman–Crippen MR) is 108 cm³/mol. The maximum atomic E-state index is 12.9. The van der Waals surface area contributed by atoms with Gasteiger partial charge in [0.2, 0.25) is 0 Å². The molecule has 1 fully saturated rings. The Kier molecular flexibility index (Phi) is 4.28. The second-order valence-electron chi connectivity index (χ2n) is 6.76. The fourth-order valence-corrected chi connectivity index (χ4v) is 3.44. The fourth-order valence-electron chi connectivity index (χ4n) is 3.44. The van der Waals surface area contributed by atoms with Crippen molar-refractivity contribution in [3.63, 3.8) is 0 Å². The minimum Gasteiger partial charge on any atom is -0.378 e. The summed E-state index contributed by atoms with van der Waals surface area (Å²) in [5.74, 6) is 1.47. The summed E-state index contributed by atoms with van der Waals surface area (Å²) in [4.78, 5) is 28.7. The van der Waals surface area contributed by atoms with Gasteiger partial charge in [0.25, 0.3) is 5.95 Å². The van der Waals surface area contributed by atoms with Crippen LogP contribution < -0.4 is 10.6 Å². The van der Waals surface area contributed by atoms with Gasteiger partial charge in [0, 0.05) is 31.9 Å². The molecule has 5 rings (SSSR count). The van der Waals surface area contributed by atoms with Crippen LogP contribution in [-0.4, -0.2) is 55.6 Å². The van der Waals surface area contributed by atoms with Crippen molar-refractivity contribution in [1.29, 1.82) is 0 Å². The highest BCUT2D eigenvalue weighted by atomic mass is 16.5. The molecule has 0 spiro atoms. The molecule has 0 atom stereocenters. The summed E-state index contributed by atoms with van der Waals surface area (Å²) in [7, 11) is 1.69. The van der Waals surface area contributed by atoms with E-state index in [9.17, 15) is 4.79 Å². The van der Waals surface area contributed by atoms with Gasteiger partial charge in [0.05, 0.1) is 18.7 Å². The van der Waals surface area contributed by atoms with E-state index < -0.39 is 0 Å². The predicted octanol–water partition coefficient (Wildman–Crippen LogP) is 1.41. The Morgan fingerprint density at radius 2 is 1.79 bits per heavy atom. The van der Waals surface area contributed by atoms with E-state index in [4.69, 9.17) is 4.74 Å². The van der Waals surface area contributed by atoms with Crippen molar-refractivity contribution in [2.45, 2.75) is 0 Å². The highest BCUT2D eigenvalue weighted by Gasteiger charge is 2.21. The van der Waals surface area contributed by atoms with Gasteiger partial charge in [-0.2, -0.15) is 4.98 Å². The lowest BCUT2D eigenvalue weighted by atomic mass is 10.2. The topological polar surface area (TPSA) is 91.0 Å². The lowest BCUT2D eigenvalue weighted by molar-refractivity contribution is 0.122. The second-order valence-corrected chi connectivity index (χ2v) is 6.76. The van der Waals surface area contributed by atoms with Crippen LogP contribution in [-0.2, 0) is 11.8 Å². The molecule has 0 bridgehead atoms. The molecule has 1 aliphatic rings. The van der Waals surface area contributed by atoms with E-state index in [1.54, 1.807) is 13.2 Å². The Balaban J connectivity index is 1.69. The van der Waals surface area contributed by atoms with Gasteiger partial charge >= 0.3 is 5.69 Å². The van der Waals surface area contributed by atoms with Crippen molar-refractivity contribution >= 4 is 16.9 Å². The molecule has 0 N–H and O–H groups in total. The molecule has 9 heteroatoms. The van der Waals surface area contributed by atoms with Gasteiger partial charge < -0.3 is 9.64 Å². The van der Waals surface area contributed by atoms with Crippen LogP contribution in [0.3, 0.4) is 0 Å². The Bertz CT molecular complexity index is 1230. The Morgan fingerprint density at radius 3 is 2.59 bits per heavy atom. The molecular weight excluding hydrogens is 370 g/mol. The van der Waals surface area contributed by atoms with Crippen molar-refractivity contribution in [3.05, 3.63) is 59.1 Å². The first kappa shape index (κ1) is 17.5. The quantitative estimate of drug-likeness (QED) is 0.523. The standard InChI is InChI=1S/C20H19N7O2/c1-25-17(14-6-3-2-4-7-14)24-27(20(25)28)19-22-15-8-5-9-21-16(15)18(23-19)26-10-12-29-13-11-26/h2-9H,10-13H2,1H3. The zero-order chi connectivity index (χ0) is 19.8. The van der Waals surface area contributed by atoms with Crippen LogP contribution in [0.2, 0.25) is 0 Å². The maximum Gasteiger partial charge on any atom is 0.353 e. The smallest absolute Gasteiger partial charge is 0.353 e. The minimum atomic E-state index is -0.306. The Labute approximate surface area is 166 Å². The average Bonchev–Trinajstić information content (AvgIpc) is 3.09. The van der Waals surface area contributed by atoms with E-state index in [1.165, 1.54) is 9.25 Å². The average molecular weight is 389 g/mol. The van der Waals surface area contributed by atoms with E-state index in [-0.39, 0.29) is 11.6 Å². The summed E-state index contributed by atoms with van der Waals surface area (Å²) in [5, 5.41) is 4.52. The SMILES string of the molecule is Cn1c(-c2ccccc2)nn(-c2nc(N3CCOCC3)c3ncccc3n2)c1=O. The van der Waals surface area contributed by atoms with Gasteiger partial charge in [-0.3, -0.25) is 9.55 Å². The third kappa shape index (κ3) is 3.05. The first-order valence-electron chi connectivity index (χ1n) is 9.40. The van der Waals surface area contributed by atoms with E-state index in [0.717, 1.165) is 5.56 Å². The molecule has 1 aliphatic heterocycles. The molecule has 1 saturated heterocycles. The van der Waals surface area contributed by atoms with Gasteiger partial charge in [0.1, 0.15) is 5.52 Å². The summed E-state index contributed by atoms with van der Waals surface area (Å²) < 4.78 is 8.21. The molecule has 3 aromatic heterocycles. The number of benzene rings is 1. The van der Waals surface area contributed by atoms with Crippen molar-refractivity contribution in [1.82, 2.24) is 29.3 Å². The van der Waals surface area contributed by atoms with Crippen molar-refractivity contribution in [2.24, 2.45) is 7.05 Å². The molecule has 146 valence electrons. The number of pyridine rings is 1. The number of morpholine rings is 1. The number of hydrogen-bond acceptors (Lipinski definition) is 7. The summed E-state index contributed by atoms with van der Waals surface area (Å²) in [6.45, 7) is 2.65. The molecule has 4 heterocycles. The summed E-state index contributed by atoms with van der Waals surface area (Å²) in [5.41, 5.74) is 1.91. The molecule has 0 aliphatic carbocycles. The number of aromatic nitrogens is 6. The number of rotatable bonds is 3. The zero-order valence-corrected chi connectivity index (χ0v) is 15.9. The lowest BCUT2D eigenvalue weighted by Gasteiger charge is -2.28. The largest absolute Gasteiger partial charge is 0.378 e. The van der Waals surface area contributed by atoms with Gasteiger partial charge in [0.15, 0.2) is 11.6 Å². The molecule has 0 amide bonds. The van der Waals surface area contributed by atoms with Crippen LogP contribution in [0.1, 0.15) is 0 Å². The number of fused-ring (bicyclic) bond motifs is 1. The maximum absolute atomic E-state index is 12.9. The molecule has 0 unspecified atom stereocenters. The first-order chi connectivity index (χ1) is 14.2. The summed E-state index contributed by atoms with van der Waals surface area (Å²) >= 11 is 0. The van der Waals surface area contributed by atoms with Crippen LogP contribution in [0.5, 0.6) is 0 Å². The number of nitrogens with zero attached hydrogens (tertiary/aromatic N) is 7. The van der Waals surface area contributed by atoms with Gasteiger partial charge in [-0.15, -0.1) is 9.78 Å². The van der Waals surface area contributed by atoms with E-state index in [0.29, 0.717) is 49.0 Å². The number of anilines is 1. The molecule has 0 saturated carbocycles. The third-order valence-electron chi connectivity index (χ3n) is 4.94. The van der Waals surface area contributed by atoms with Gasteiger partial charge in [-0.1, -0.05) is 30.3 Å². The minimum absolute atomic E-state index is 0.231. The zero-order valence-electron chi connectivity index (χ0n) is 15.9. The third-order valence-corrected chi connectivity index (χ3v) is 4.94. The van der Waals surface area contributed by atoms with Crippen LogP contribution >= 0.6 is 0 Å². The van der Waals surface area contributed by atoms with Crippen molar-refractivity contribution in [2.75, 3.05) is 31.2 Å². The highest BCUT2D eigenvalue weighted by molar-refractivity contribution is 5.86. The Hall–Kier alpha value is -3.59. The van der Waals surface area contributed by atoms with Crippen LogP contribution in [0.25, 0.3) is 28.4 Å². The van der Waals surface area contributed by atoms with Crippen LogP contribution in [0.4, 0.5) is 5.82 Å². The van der Waals surface area contributed by atoms with Crippen LogP contribution in [0, 0.1) is 0 Å². The molecule has 0 radical (unpaired) electrons. The molecule has 29 heavy (non-hydrogen) atoms. The normalized spacial score (nSPS) is 14.4. The fraction of sp³-hybridized carbons (Fsp3) is 0.250. The monoisotopic (exact) mass is 389 g/mol. The second kappa shape index (κ2) is 7.10. The van der Waals surface area contributed by atoms with E-state index >= 15 is 0 Å². The van der Waals surface area contributed by atoms with Crippen molar-refractivity contribution < 1.29 is 4.74 Å². The number of hydrogen-bond donors (Lipinski definition) is 0. The highest BCUT2D eigenvalue weighted by Crippen LogP contribution is 2.24. The lowest BCUT2D eigenvalue weighted by Crippen LogP contribution is -2.37. The molecule has 4 aromatic rings. The van der Waals surface area contributed by atoms with E-state index in [1.807, 2.05) is 42.5 Å². The summed E-state index contributed by atoms with van der Waals surface area (Å²) in [6.07, 6.45) is 1.72. The van der Waals surface area contributed by atoms with Gasteiger partial charge in [-0.25, -0.2) is 9.78 Å². The molecular formula is C20H19N7O2. The first-order valence-corrected chi connectivity index (χ1v) is 9.40. The van der Waals surface area contributed by atoms with Crippen LogP contribution in [0.15, 0.2) is 53.5 Å². The van der Waals surface area contributed by atoms with E-state index in [2.05, 4.69) is 25.0 Å². The molecule has 1 aromatic carbocycles. The number of ether oxygens (including phenoxy) is 1. The molecule has 9 nitrogen and oxygen atoms in total. The summed E-state index contributed by atoms with van der Waals surface area (Å²) in [6, 6.07) is 13.3. The van der Waals surface area contributed by atoms with Gasteiger partial charge in [-0.05, 0) is 12.1 Å². The Morgan fingerprint density at radius 1 is 1.00 bits per heavy atom. The van der Waals surface area contributed by atoms with Crippen molar-refractivity contribution in [3.8, 4) is 17.3 Å².